The molecule has 1 aromatic carbocycles. The summed E-state index contributed by atoms with van der Waals surface area (Å²) >= 11 is 5.96. The van der Waals surface area contributed by atoms with E-state index in [0.29, 0.717) is 24.7 Å². The number of nitrogens with zero attached hydrogens (tertiary/aromatic N) is 1. The summed E-state index contributed by atoms with van der Waals surface area (Å²) in [7, 11) is 0. The first-order chi connectivity index (χ1) is 9.45. The number of nitrogens with one attached hydrogen (secondary N) is 1. The Hall–Kier alpha value is -1.75. The van der Waals surface area contributed by atoms with Gasteiger partial charge in [-0.15, -0.1) is 0 Å². The van der Waals surface area contributed by atoms with Crippen LogP contribution in [0.2, 0.25) is 5.02 Å². The lowest BCUT2D eigenvalue weighted by Gasteiger charge is -2.23. The minimum Gasteiger partial charge on any atom is -0.450 e. The summed E-state index contributed by atoms with van der Waals surface area (Å²) in [5.41, 5.74) is 1.69. The Morgan fingerprint density at radius 2 is 2.10 bits per heavy atom. The average Bonchev–Trinajstić information content (AvgIpc) is 2.38. The molecule has 0 aliphatic heterocycles. The van der Waals surface area contributed by atoms with Crippen LogP contribution in [0.15, 0.2) is 18.2 Å². The number of carbonyl (C=O) groups is 2. The van der Waals surface area contributed by atoms with E-state index in [1.54, 1.807) is 24.0 Å². The van der Waals surface area contributed by atoms with E-state index in [9.17, 15) is 9.59 Å². The SMILES string of the molecule is CCOC(=O)NCCN(C(C)=O)c1cc(Cl)ccc1C. The first kappa shape index (κ1) is 16.3. The Morgan fingerprint density at radius 3 is 2.70 bits per heavy atom. The summed E-state index contributed by atoms with van der Waals surface area (Å²) in [5.74, 6) is -0.110. The maximum Gasteiger partial charge on any atom is 0.407 e. The van der Waals surface area contributed by atoms with Crippen LogP contribution in [0.4, 0.5) is 10.5 Å². The van der Waals surface area contributed by atoms with E-state index < -0.39 is 6.09 Å². The highest BCUT2D eigenvalue weighted by Gasteiger charge is 2.14. The van der Waals surface area contributed by atoms with Crippen LogP contribution in [0.3, 0.4) is 0 Å². The molecule has 0 heterocycles. The zero-order chi connectivity index (χ0) is 15.1. The second-order valence-electron chi connectivity index (χ2n) is 4.25. The lowest BCUT2D eigenvalue weighted by Crippen LogP contribution is -2.38. The maximum absolute atomic E-state index is 11.7. The van der Waals surface area contributed by atoms with Crippen molar-refractivity contribution >= 4 is 29.3 Å². The van der Waals surface area contributed by atoms with Crippen molar-refractivity contribution in [2.24, 2.45) is 0 Å². The first-order valence-corrected chi connectivity index (χ1v) is 6.78. The number of aryl methyl sites for hydroxylation is 1. The topological polar surface area (TPSA) is 58.6 Å². The number of carbonyl (C=O) groups excluding carboxylic acids is 2. The maximum atomic E-state index is 11.7. The molecule has 0 aliphatic rings. The Balaban J connectivity index is 2.72. The monoisotopic (exact) mass is 298 g/mol. The molecule has 1 N–H and O–H groups in total. The molecule has 0 saturated carbocycles. The third kappa shape index (κ3) is 4.74. The van der Waals surface area contributed by atoms with Gasteiger partial charge < -0.3 is 15.0 Å². The number of benzene rings is 1. The Bertz CT molecular complexity index is 491. The zero-order valence-corrected chi connectivity index (χ0v) is 12.7. The normalized spacial score (nSPS) is 10.0. The molecule has 0 radical (unpaired) electrons. The van der Waals surface area contributed by atoms with Crippen molar-refractivity contribution in [3.05, 3.63) is 28.8 Å². The summed E-state index contributed by atoms with van der Waals surface area (Å²) in [5, 5.41) is 3.15. The minimum atomic E-state index is -0.487. The van der Waals surface area contributed by atoms with E-state index in [1.165, 1.54) is 6.92 Å². The zero-order valence-electron chi connectivity index (χ0n) is 11.9. The summed E-state index contributed by atoms with van der Waals surface area (Å²) < 4.78 is 4.76. The van der Waals surface area contributed by atoms with Gasteiger partial charge in [0.05, 0.1) is 6.61 Å². The number of rotatable bonds is 5. The molecule has 0 aromatic heterocycles. The van der Waals surface area contributed by atoms with Crippen LogP contribution in [-0.2, 0) is 9.53 Å². The molecule has 0 unspecified atom stereocenters. The molecule has 0 atom stereocenters. The van der Waals surface area contributed by atoms with Crippen LogP contribution in [0.1, 0.15) is 19.4 Å². The molecule has 6 heteroatoms. The van der Waals surface area contributed by atoms with Gasteiger partial charge in [-0.3, -0.25) is 4.79 Å². The average molecular weight is 299 g/mol. The van der Waals surface area contributed by atoms with Crippen molar-refractivity contribution in [1.29, 1.82) is 0 Å². The largest absolute Gasteiger partial charge is 0.450 e. The Kier molecular flexibility index (Phi) is 6.31. The van der Waals surface area contributed by atoms with Gasteiger partial charge in [-0.05, 0) is 31.5 Å². The van der Waals surface area contributed by atoms with Crippen molar-refractivity contribution in [2.45, 2.75) is 20.8 Å². The van der Waals surface area contributed by atoms with E-state index in [1.807, 2.05) is 13.0 Å². The van der Waals surface area contributed by atoms with Gasteiger partial charge in [0.1, 0.15) is 0 Å². The fourth-order valence-corrected chi connectivity index (χ4v) is 1.94. The summed E-state index contributed by atoms with van der Waals surface area (Å²) in [6, 6.07) is 5.37. The van der Waals surface area contributed by atoms with Gasteiger partial charge in [-0.2, -0.15) is 0 Å². The Labute approximate surface area is 123 Å². The molecule has 0 fully saturated rings. The molecule has 20 heavy (non-hydrogen) atoms. The van der Waals surface area contributed by atoms with Gasteiger partial charge in [0, 0.05) is 30.7 Å². The van der Waals surface area contributed by atoms with E-state index in [0.717, 1.165) is 11.3 Å². The lowest BCUT2D eigenvalue weighted by atomic mass is 10.2. The standard InChI is InChI=1S/C14H19ClN2O3/c1-4-20-14(19)16-7-8-17(11(3)18)13-9-12(15)6-5-10(13)2/h5-6,9H,4,7-8H2,1-3H3,(H,16,19). The first-order valence-electron chi connectivity index (χ1n) is 6.40. The van der Waals surface area contributed by atoms with Crippen LogP contribution in [-0.4, -0.2) is 31.7 Å². The lowest BCUT2D eigenvalue weighted by molar-refractivity contribution is -0.116. The van der Waals surface area contributed by atoms with Crippen molar-refractivity contribution in [2.75, 3.05) is 24.6 Å². The molecule has 0 aliphatic carbocycles. The van der Waals surface area contributed by atoms with E-state index in [-0.39, 0.29) is 5.91 Å². The van der Waals surface area contributed by atoms with Gasteiger partial charge in [-0.25, -0.2) is 4.79 Å². The molecule has 110 valence electrons. The van der Waals surface area contributed by atoms with E-state index in [4.69, 9.17) is 16.3 Å². The molecule has 0 bridgehead atoms. The number of halogens is 1. The molecule has 1 rings (SSSR count). The molecule has 2 amide bonds. The number of hydrogen-bond donors (Lipinski definition) is 1. The van der Waals surface area contributed by atoms with Gasteiger partial charge in [0.2, 0.25) is 5.91 Å². The minimum absolute atomic E-state index is 0.110. The fourth-order valence-electron chi connectivity index (χ4n) is 1.77. The predicted octanol–water partition coefficient (Wildman–Crippen LogP) is 2.75. The number of amides is 2. The van der Waals surface area contributed by atoms with Crippen molar-refractivity contribution in [3.63, 3.8) is 0 Å². The van der Waals surface area contributed by atoms with E-state index in [2.05, 4.69) is 5.32 Å². The third-order valence-electron chi connectivity index (χ3n) is 2.72. The highest BCUT2D eigenvalue weighted by Crippen LogP contribution is 2.24. The van der Waals surface area contributed by atoms with Crippen LogP contribution in [0.5, 0.6) is 0 Å². The number of ether oxygens (including phenoxy) is 1. The van der Waals surface area contributed by atoms with Crippen LogP contribution in [0, 0.1) is 6.92 Å². The number of anilines is 1. The summed E-state index contributed by atoms with van der Waals surface area (Å²) in [4.78, 5) is 24.5. The number of hydrogen-bond acceptors (Lipinski definition) is 3. The quantitative estimate of drug-likeness (QED) is 0.909. The van der Waals surface area contributed by atoms with Crippen molar-refractivity contribution in [1.82, 2.24) is 5.32 Å². The highest BCUT2D eigenvalue weighted by atomic mass is 35.5. The fraction of sp³-hybridized carbons (Fsp3) is 0.429. The molecular formula is C14H19ClN2O3. The Morgan fingerprint density at radius 1 is 1.40 bits per heavy atom. The second-order valence-corrected chi connectivity index (χ2v) is 4.69. The summed E-state index contributed by atoms with van der Waals surface area (Å²) in [6.45, 7) is 6.09. The number of alkyl carbamates (subject to hydrolysis) is 1. The van der Waals surface area contributed by atoms with Gasteiger partial charge in [0.15, 0.2) is 0 Å². The predicted molar refractivity (Wildman–Crippen MR) is 79.2 cm³/mol. The van der Waals surface area contributed by atoms with Gasteiger partial charge in [0.25, 0.3) is 0 Å². The van der Waals surface area contributed by atoms with E-state index >= 15 is 0 Å². The highest BCUT2D eigenvalue weighted by molar-refractivity contribution is 6.31. The third-order valence-corrected chi connectivity index (χ3v) is 2.96. The molecular weight excluding hydrogens is 280 g/mol. The molecule has 5 nitrogen and oxygen atoms in total. The molecule has 1 aromatic rings. The van der Waals surface area contributed by atoms with Crippen LogP contribution < -0.4 is 10.2 Å². The molecule has 0 saturated heterocycles. The van der Waals surface area contributed by atoms with Crippen molar-refractivity contribution < 1.29 is 14.3 Å². The van der Waals surface area contributed by atoms with Crippen LogP contribution >= 0.6 is 11.6 Å². The summed E-state index contributed by atoms with van der Waals surface area (Å²) in [6.07, 6.45) is -0.487. The molecule has 0 spiro atoms. The van der Waals surface area contributed by atoms with Crippen molar-refractivity contribution in [3.8, 4) is 0 Å². The van der Waals surface area contributed by atoms with Crippen LogP contribution in [0.25, 0.3) is 0 Å². The van der Waals surface area contributed by atoms with Gasteiger partial charge >= 0.3 is 6.09 Å². The second kappa shape index (κ2) is 7.75. The van der Waals surface area contributed by atoms with Gasteiger partial charge in [-0.1, -0.05) is 17.7 Å². The smallest absolute Gasteiger partial charge is 0.407 e.